The number of aliphatic carboxylic acids is 1. The van der Waals surface area contributed by atoms with Gasteiger partial charge in [0.2, 0.25) is 23.6 Å². The van der Waals surface area contributed by atoms with Crippen LogP contribution in [0.4, 0.5) is 5.13 Å². The molecule has 5 atom stereocenters. The van der Waals surface area contributed by atoms with Crippen molar-refractivity contribution in [2.45, 2.75) is 110 Å². The first-order valence-electron chi connectivity index (χ1n) is 19.2. The van der Waals surface area contributed by atoms with E-state index in [-0.39, 0.29) is 55.5 Å². The molecule has 15 heteroatoms. The maximum Gasteiger partial charge on any atom is 0.326 e. The lowest BCUT2D eigenvalue weighted by atomic mass is 9.77. The van der Waals surface area contributed by atoms with Crippen molar-refractivity contribution in [1.82, 2.24) is 25.5 Å². The summed E-state index contributed by atoms with van der Waals surface area (Å²) in [6, 6.07) is 4.85. The molecule has 1 saturated heterocycles. The smallest absolute Gasteiger partial charge is 0.326 e. The summed E-state index contributed by atoms with van der Waals surface area (Å²) in [5.41, 5.74) is 0.861. The molecule has 14 nitrogen and oxygen atoms in total. The molecule has 5 rings (SSSR count). The Morgan fingerprint density at radius 2 is 1.82 bits per heavy atom. The molecule has 3 aromatic rings. The van der Waals surface area contributed by atoms with Crippen LogP contribution in [0.25, 0.3) is 22.3 Å². The van der Waals surface area contributed by atoms with Crippen LogP contribution in [0.2, 0.25) is 0 Å². The predicted molar refractivity (Wildman–Crippen MR) is 214 cm³/mol. The minimum atomic E-state index is -1.21. The number of carboxylic acid groups (broad SMARTS) is 1. The maximum atomic E-state index is 14.7. The van der Waals surface area contributed by atoms with Gasteiger partial charge in [-0.2, -0.15) is 0 Å². The molecule has 0 spiro atoms. The van der Waals surface area contributed by atoms with Gasteiger partial charge in [0.1, 0.15) is 35.4 Å². The molecule has 56 heavy (non-hydrogen) atoms. The van der Waals surface area contributed by atoms with Crippen molar-refractivity contribution in [3.8, 4) is 22.9 Å². The zero-order valence-electron chi connectivity index (χ0n) is 33.1. The summed E-state index contributed by atoms with van der Waals surface area (Å²) < 4.78 is 12.1. The number of allylic oxidation sites excluding steroid dienone is 1. The van der Waals surface area contributed by atoms with Crippen molar-refractivity contribution in [3.63, 3.8) is 0 Å². The van der Waals surface area contributed by atoms with Gasteiger partial charge in [0.05, 0.1) is 30.8 Å². The van der Waals surface area contributed by atoms with Gasteiger partial charge in [0.25, 0.3) is 0 Å². The van der Waals surface area contributed by atoms with Gasteiger partial charge in [-0.3, -0.25) is 19.2 Å². The van der Waals surface area contributed by atoms with E-state index in [4.69, 9.17) is 14.5 Å². The lowest BCUT2D eigenvalue weighted by Gasteiger charge is -2.35. The Morgan fingerprint density at radius 3 is 2.46 bits per heavy atom. The molecule has 0 unspecified atom stereocenters. The first-order chi connectivity index (χ1) is 26.6. The quantitative estimate of drug-likeness (QED) is 0.134. The zero-order valence-corrected chi connectivity index (χ0v) is 33.9. The number of thiazole rings is 1. The van der Waals surface area contributed by atoms with Crippen LogP contribution < -0.4 is 25.4 Å². The number of hydrogen-bond donors (Lipinski definition) is 4. The number of carbonyl (C=O) groups excluding carboxylic acids is 4. The molecular weight excluding hydrogens is 737 g/mol. The van der Waals surface area contributed by atoms with E-state index in [1.807, 2.05) is 33.8 Å². The average molecular weight is 791 g/mol. The number of hydrogen-bond acceptors (Lipinski definition) is 10. The third-order valence-electron chi connectivity index (χ3n) is 10.5. The molecule has 0 bridgehead atoms. The largest absolute Gasteiger partial charge is 0.497 e. The number of ether oxygens (including phenoxy) is 2. The third kappa shape index (κ3) is 10.6. The second kappa shape index (κ2) is 18.3. The van der Waals surface area contributed by atoms with Crippen molar-refractivity contribution < 1.29 is 38.6 Å². The summed E-state index contributed by atoms with van der Waals surface area (Å²) in [5.74, 6) is -2.65. The van der Waals surface area contributed by atoms with Gasteiger partial charge in [-0.05, 0) is 42.7 Å². The van der Waals surface area contributed by atoms with Crippen molar-refractivity contribution in [2.75, 3.05) is 19.0 Å². The van der Waals surface area contributed by atoms with Crippen LogP contribution in [-0.2, 0) is 24.0 Å². The second-order valence-electron chi connectivity index (χ2n) is 16.0. The Bertz CT molecular complexity index is 1940. The summed E-state index contributed by atoms with van der Waals surface area (Å²) in [5, 5.41) is 21.3. The Kier molecular flexibility index (Phi) is 13.7. The lowest BCUT2D eigenvalue weighted by molar-refractivity contribution is -0.148. The van der Waals surface area contributed by atoms with Crippen LogP contribution in [0.1, 0.15) is 86.0 Å². The highest BCUT2D eigenvalue weighted by Gasteiger charge is 2.46. The summed E-state index contributed by atoms with van der Waals surface area (Å²) in [6.45, 7) is 12.7. The minimum absolute atomic E-state index is 0.00717. The summed E-state index contributed by atoms with van der Waals surface area (Å²) in [4.78, 5) is 77.0. The number of pyridine rings is 1. The number of aromatic nitrogens is 2. The van der Waals surface area contributed by atoms with Crippen LogP contribution >= 0.6 is 11.3 Å². The SMILES string of the molecule is C=C[C@@H](C)C[C@@H](NC(=O)[C@@H]1C[C@@H](Oc2cc(-c3csc(NC(C)=O)n3)nc3cc(OC)ccc23)CN1C(=O)[C@@H](CC(=O)NC1CCCCC1)C(C)(C)C)C(=O)O. The van der Waals surface area contributed by atoms with Gasteiger partial charge < -0.3 is 35.4 Å². The number of benzene rings is 1. The molecule has 0 radical (unpaired) electrons. The molecule has 1 aromatic carbocycles. The molecule has 1 saturated carbocycles. The molecule has 1 aliphatic heterocycles. The number of likely N-dealkylation sites (tertiary alicyclic amines) is 1. The van der Waals surface area contributed by atoms with Gasteiger partial charge in [0, 0.05) is 48.7 Å². The number of carbonyl (C=O) groups is 5. The number of anilines is 1. The number of fused-ring (bicyclic) bond motifs is 1. The Morgan fingerprint density at radius 1 is 1.09 bits per heavy atom. The van der Waals surface area contributed by atoms with Crippen molar-refractivity contribution in [2.24, 2.45) is 17.3 Å². The highest BCUT2D eigenvalue weighted by atomic mass is 32.1. The number of rotatable bonds is 15. The fourth-order valence-corrected chi connectivity index (χ4v) is 8.08. The monoisotopic (exact) mass is 790 g/mol. The van der Waals surface area contributed by atoms with Gasteiger partial charge in [-0.15, -0.1) is 17.9 Å². The second-order valence-corrected chi connectivity index (χ2v) is 16.8. The van der Waals surface area contributed by atoms with E-state index in [2.05, 4.69) is 27.5 Å². The van der Waals surface area contributed by atoms with Gasteiger partial charge >= 0.3 is 5.97 Å². The first kappa shape index (κ1) is 42.1. The molecule has 2 fully saturated rings. The lowest BCUT2D eigenvalue weighted by Crippen LogP contribution is -2.53. The van der Waals surface area contributed by atoms with E-state index in [0.717, 1.165) is 32.1 Å². The van der Waals surface area contributed by atoms with Crippen LogP contribution in [0, 0.1) is 17.3 Å². The number of methoxy groups -OCH3 is 1. The Labute approximate surface area is 331 Å². The van der Waals surface area contributed by atoms with Crippen LogP contribution in [0.3, 0.4) is 0 Å². The number of carboxylic acids is 1. The Hall–Kier alpha value is -5.05. The standard InChI is InChI=1S/C41H54N6O8S/c1-8-23(2)16-32(39(52)53)45-37(50)34-18-27(21-47(34)38(51)29(41(4,5)6)19-36(49)43-25-12-10-9-11-13-25)55-35-20-31(33-22-56-40(46-33)42-24(3)48)44-30-17-26(54-7)14-15-28(30)35/h8,14-15,17,20,22-23,25,27,29,32,34H,1,9-13,16,18-19,21H2,2-7H3,(H,43,49)(H,45,50)(H,52,53)(H,42,46,48)/t23-,27-,29-,32-,34+/m1/s1. The van der Waals surface area contributed by atoms with Crippen LogP contribution in [0.5, 0.6) is 11.5 Å². The van der Waals surface area contributed by atoms with Crippen LogP contribution in [0.15, 0.2) is 42.3 Å². The summed E-state index contributed by atoms with van der Waals surface area (Å²) in [6.07, 6.45) is 6.08. The molecular formula is C41H54N6O8S. The number of nitrogens with one attached hydrogen (secondary N) is 3. The van der Waals surface area contributed by atoms with Crippen molar-refractivity contribution in [3.05, 3.63) is 42.3 Å². The zero-order chi connectivity index (χ0) is 40.7. The molecule has 302 valence electrons. The fourth-order valence-electron chi connectivity index (χ4n) is 7.33. The molecule has 4 amide bonds. The number of nitrogens with zero attached hydrogens (tertiary/aromatic N) is 3. The third-order valence-corrected chi connectivity index (χ3v) is 11.3. The van der Waals surface area contributed by atoms with Crippen molar-refractivity contribution in [1.29, 1.82) is 0 Å². The van der Waals surface area contributed by atoms with E-state index in [1.54, 1.807) is 36.8 Å². The fraction of sp³-hybridized carbons (Fsp3) is 0.537. The van der Waals surface area contributed by atoms with E-state index in [9.17, 15) is 29.1 Å². The topological polar surface area (TPSA) is 189 Å². The molecule has 2 aromatic heterocycles. The normalized spacial score (nSPS) is 19.1. The summed E-state index contributed by atoms with van der Waals surface area (Å²) in [7, 11) is 1.55. The highest BCUT2D eigenvalue weighted by molar-refractivity contribution is 7.14. The molecule has 1 aliphatic carbocycles. The van der Waals surface area contributed by atoms with Gasteiger partial charge in [-0.1, -0.05) is 53.0 Å². The van der Waals surface area contributed by atoms with E-state index in [0.29, 0.717) is 38.9 Å². The van der Waals surface area contributed by atoms with E-state index >= 15 is 0 Å². The van der Waals surface area contributed by atoms with E-state index in [1.165, 1.54) is 23.2 Å². The minimum Gasteiger partial charge on any atom is -0.497 e. The van der Waals surface area contributed by atoms with E-state index < -0.39 is 41.4 Å². The highest BCUT2D eigenvalue weighted by Crippen LogP contribution is 2.37. The van der Waals surface area contributed by atoms with Gasteiger partial charge in [-0.25, -0.2) is 14.8 Å². The van der Waals surface area contributed by atoms with Crippen LogP contribution in [-0.4, -0.2) is 87.5 Å². The summed E-state index contributed by atoms with van der Waals surface area (Å²) >= 11 is 1.25. The first-order valence-corrected chi connectivity index (χ1v) is 20.1. The maximum absolute atomic E-state index is 14.7. The molecule has 4 N–H and O–H groups in total. The van der Waals surface area contributed by atoms with Gasteiger partial charge in [0.15, 0.2) is 5.13 Å². The Balaban J connectivity index is 1.48. The van der Waals surface area contributed by atoms with Crippen molar-refractivity contribution >= 4 is 57.0 Å². The molecule has 2 aliphatic rings. The predicted octanol–water partition coefficient (Wildman–Crippen LogP) is 5.96. The molecule has 3 heterocycles. The number of amides is 4. The average Bonchev–Trinajstić information content (AvgIpc) is 3.80.